The molecule has 0 aliphatic heterocycles. The molecule has 0 aliphatic carbocycles. The molecule has 6 heteroatoms. The maximum atomic E-state index is 5.44. The molecule has 98 valence electrons. The lowest BCUT2D eigenvalue weighted by Gasteiger charge is -2.03. The van der Waals surface area contributed by atoms with Crippen molar-refractivity contribution in [2.75, 3.05) is 30.4 Å². The zero-order valence-electron chi connectivity index (χ0n) is 10.8. The van der Waals surface area contributed by atoms with Crippen molar-refractivity contribution in [2.24, 2.45) is 5.92 Å². The highest BCUT2D eigenvalue weighted by atomic mass is 32.2. The van der Waals surface area contributed by atoms with Gasteiger partial charge in [-0.3, -0.25) is 0 Å². The maximum Gasteiger partial charge on any atom is 0.315 e. The van der Waals surface area contributed by atoms with Gasteiger partial charge in [0, 0.05) is 6.54 Å². The molecular formula is C11H22N4OS. The van der Waals surface area contributed by atoms with Crippen molar-refractivity contribution in [1.29, 1.82) is 0 Å². The third-order valence-electron chi connectivity index (χ3n) is 2.10. The number of rotatable bonds is 9. The van der Waals surface area contributed by atoms with E-state index in [1.54, 1.807) is 0 Å². The maximum absolute atomic E-state index is 5.44. The molecule has 1 aromatic heterocycles. The molecule has 0 aliphatic rings. The van der Waals surface area contributed by atoms with Gasteiger partial charge >= 0.3 is 6.01 Å². The zero-order chi connectivity index (χ0) is 12.5. The summed E-state index contributed by atoms with van der Waals surface area (Å²) in [6, 6.07) is 0.521. The molecule has 1 aromatic rings. The summed E-state index contributed by atoms with van der Waals surface area (Å²) in [5.74, 6) is 2.41. The lowest BCUT2D eigenvalue weighted by Crippen LogP contribution is -2.19. The molecule has 0 saturated carbocycles. The summed E-state index contributed by atoms with van der Waals surface area (Å²) in [7, 11) is 0. The normalized spacial score (nSPS) is 11.1. The van der Waals surface area contributed by atoms with Crippen LogP contribution in [-0.2, 0) is 6.54 Å². The summed E-state index contributed by atoms with van der Waals surface area (Å²) in [6.45, 7) is 6.80. The first-order valence-corrected chi connectivity index (χ1v) is 7.37. The van der Waals surface area contributed by atoms with E-state index in [9.17, 15) is 0 Å². The summed E-state index contributed by atoms with van der Waals surface area (Å²) >= 11 is 1.84. The van der Waals surface area contributed by atoms with Crippen LogP contribution in [0.15, 0.2) is 4.42 Å². The highest BCUT2D eigenvalue weighted by Crippen LogP contribution is 2.05. The Morgan fingerprint density at radius 1 is 1.35 bits per heavy atom. The van der Waals surface area contributed by atoms with Crippen molar-refractivity contribution in [3.8, 4) is 0 Å². The van der Waals surface area contributed by atoms with Crippen LogP contribution in [0.3, 0.4) is 0 Å². The SMILES string of the molecule is CSCCCNc1nnc(CNCC(C)C)o1. The third kappa shape index (κ3) is 6.53. The van der Waals surface area contributed by atoms with Crippen LogP contribution in [0.25, 0.3) is 0 Å². The summed E-state index contributed by atoms with van der Waals surface area (Å²) < 4.78 is 5.44. The van der Waals surface area contributed by atoms with Crippen LogP contribution >= 0.6 is 11.8 Å². The second-order valence-corrected chi connectivity index (χ2v) is 5.28. The Balaban J connectivity index is 2.18. The van der Waals surface area contributed by atoms with Gasteiger partial charge in [0.1, 0.15) is 0 Å². The molecule has 0 fully saturated rings. The molecule has 0 atom stereocenters. The first-order chi connectivity index (χ1) is 8.22. The van der Waals surface area contributed by atoms with Crippen LogP contribution in [-0.4, -0.2) is 35.3 Å². The Labute approximate surface area is 107 Å². The number of nitrogens with zero attached hydrogens (tertiary/aromatic N) is 2. The Morgan fingerprint density at radius 3 is 2.88 bits per heavy atom. The molecule has 0 aromatic carbocycles. The van der Waals surface area contributed by atoms with Gasteiger partial charge in [0.05, 0.1) is 6.54 Å². The van der Waals surface area contributed by atoms with Gasteiger partial charge in [-0.15, -0.1) is 5.10 Å². The van der Waals surface area contributed by atoms with Crippen molar-refractivity contribution in [2.45, 2.75) is 26.8 Å². The molecule has 0 unspecified atom stereocenters. The fourth-order valence-electron chi connectivity index (χ4n) is 1.28. The van der Waals surface area contributed by atoms with Crippen molar-refractivity contribution < 1.29 is 4.42 Å². The average Bonchev–Trinajstić information content (AvgIpc) is 2.72. The lowest BCUT2D eigenvalue weighted by atomic mass is 10.2. The van der Waals surface area contributed by atoms with Crippen LogP contribution in [0.2, 0.25) is 0 Å². The molecule has 2 N–H and O–H groups in total. The topological polar surface area (TPSA) is 63.0 Å². The van der Waals surface area contributed by atoms with Crippen LogP contribution in [0.5, 0.6) is 0 Å². The summed E-state index contributed by atoms with van der Waals surface area (Å²) in [4.78, 5) is 0. The number of aromatic nitrogens is 2. The van der Waals surface area contributed by atoms with E-state index >= 15 is 0 Å². The van der Waals surface area contributed by atoms with Gasteiger partial charge in [0.15, 0.2) is 0 Å². The molecule has 5 nitrogen and oxygen atoms in total. The Hall–Kier alpha value is -0.750. The van der Waals surface area contributed by atoms with E-state index in [-0.39, 0.29) is 0 Å². The lowest BCUT2D eigenvalue weighted by molar-refractivity contribution is 0.458. The van der Waals surface area contributed by atoms with E-state index in [2.05, 4.69) is 40.9 Å². The Morgan fingerprint density at radius 2 is 2.18 bits per heavy atom. The van der Waals surface area contributed by atoms with Crippen molar-refractivity contribution in [1.82, 2.24) is 15.5 Å². The van der Waals surface area contributed by atoms with Crippen molar-refractivity contribution >= 4 is 17.8 Å². The van der Waals surface area contributed by atoms with E-state index in [0.717, 1.165) is 25.3 Å². The Bertz CT molecular complexity index is 303. The predicted molar refractivity (Wildman–Crippen MR) is 72.3 cm³/mol. The quantitative estimate of drug-likeness (QED) is 0.660. The molecular weight excluding hydrogens is 236 g/mol. The van der Waals surface area contributed by atoms with E-state index in [4.69, 9.17) is 4.42 Å². The molecule has 0 radical (unpaired) electrons. The minimum absolute atomic E-state index is 0.521. The minimum Gasteiger partial charge on any atom is -0.407 e. The molecule has 0 bridgehead atoms. The predicted octanol–water partition coefficient (Wildman–Crippen LogP) is 1.98. The average molecular weight is 258 g/mol. The van der Waals surface area contributed by atoms with Gasteiger partial charge in [0.25, 0.3) is 0 Å². The number of hydrogen-bond donors (Lipinski definition) is 2. The molecule has 0 spiro atoms. The van der Waals surface area contributed by atoms with Crippen molar-refractivity contribution in [3.05, 3.63) is 5.89 Å². The molecule has 1 rings (SSSR count). The van der Waals surface area contributed by atoms with Gasteiger partial charge in [-0.05, 0) is 30.9 Å². The highest BCUT2D eigenvalue weighted by Gasteiger charge is 2.04. The minimum atomic E-state index is 0.521. The number of nitrogens with one attached hydrogen (secondary N) is 2. The first-order valence-electron chi connectivity index (χ1n) is 5.98. The van der Waals surface area contributed by atoms with Gasteiger partial charge in [-0.2, -0.15) is 11.8 Å². The fourth-order valence-corrected chi connectivity index (χ4v) is 1.71. The number of anilines is 1. The summed E-state index contributed by atoms with van der Waals surface area (Å²) in [6.07, 6.45) is 3.20. The van der Waals surface area contributed by atoms with E-state index < -0.39 is 0 Å². The zero-order valence-corrected chi connectivity index (χ0v) is 11.6. The van der Waals surface area contributed by atoms with Gasteiger partial charge < -0.3 is 15.1 Å². The smallest absolute Gasteiger partial charge is 0.315 e. The van der Waals surface area contributed by atoms with Crippen LogP contribution in [0.1, 0.15) is 26.2 Å². The van der Waals surface area contributed by atoms with Crippen LogP contribution < -0.4 is 10.6 Å². The highest BCUT2D eigenvalue weighted by molar-refractivity contribution is 7.98. The fraction of sp³-hybridized carbons (Fsp3) is 0.818. The van der Waals surface area contributed by atoms with Crippen LogP contribution in [0.4, 0.5) is 6.01 Å². The second kappa shape index (κ2) is 8.36. The monoisotopic (exact) mass is 258 g/mol. The largest absolute Gasteiger partial charge is 0.407 e. The van der Waals surface area contributed by atoms with Crippen LogP contribution in [0, 0.1) is 5.92 Å². The Kier molecular flexibility index (Phi) is 7.04. The first kappa shape index (κ1) is 14.3. The van der Waals surface area contributed by atoms with Gasteiger partial charge in [-0.25, -0.2) is 0 Å². The standard InChI is InChI=1S/C11H22N4OS/c1-9(2)7-12-8-10-14-15-11(16-10)13-5-4-6-17-3/h9,12H,4-8H2,1-3H3,(H,13,15). The number of thioether (sulfide) groups is 1. The van der Waals surface area contributed by atoms with E-state index in [0.29, 0.717) is 24.4 Å². The number of hydrogen-bond acceptors (Lipinski definition) is 6. The van der Waals surface area contributed by atoms with E-state index in [1.807, 2.05) is 11.8 Å². The summed E-state index contributed by atoms with van der Waals surface area (Å²) in [5, 5.41) is 14.3. The molecule has 0 amide bonds. The second-order valence-electron chi connectivity index (χ2n) is 4.30. The van der Waals surface area contributed by atoms with Crippen molar-refractivity contribution in [3.63, 3.8) is 0 Å². The summed E-state index contributed by atoms with van der Waals surface area (Å²) in [5.41, 5.74) is 0. The van der Waals surface area contributed by atoms with Gasteiger partial charge in [-0.1, -0.05) is 18.9 Å². The third-order valence-corrected chi connectivity index (χ3v) is 2.79. The molecule has 1 heterocycles. The molecule has 17 heavy (non-hydrogen) atoms. The van der Waals surface area contributed by atoms with Gasteiger partial charge in [0.2, 0.25) is 5.89 Å². The molecule has 0 saturated heterocycles. The van der Waals surface area contributed by atoms with E-state index in [1.165, 1.54) is 0 Å².